The summed E-state index contributed by atoms with van der Waals surface area (Å²) in [5.74, 6) is 0. The molecule has 3 fully saturated rings. The van der Waals surface area contributed by atoms with Gasteiger partial charge >= 0.3 is 0 Å². The molecule has 3 heteroatoms. The summed E-state index contributed by atoms with van der Waals surface area (Å²) in [6.45, 7) is 3.67. The molecule has 0 radical (unpaired) electrons. The quantitative estimate of drug-likeness (QED) is 0.781. The summed E-state index contributed by atoms with van der Waals surface area (Å²) in [5, 5.41) is 3.80. The summed E-state index contributed by atoms with van der Waals surface area (Å²) in [6.07, 6.45) is 7.16. The predicted octanol–water partition coefficient (Wildman–Crippen LogP) is 1.38. The van der Waals surface area contributed by atoms with E-state index in [0.29, 0.717) is 6.10 Å². The molecule has 2 unspecified atom stereocenters. The molecule has 0 spiro atoms. The van der Waals surface area contributed by atoms with Gasteiger partial charge in [-0.05, 0) is 39.0 Å². The van der Waals surface area contributed by atoms with Gasteiger partial charge in [-0.25, -0.2) is 0 Å². The van der Waals surface area contributed by atoms with E-state index >= 15 is 0 Å². The maximum Gasteiger partial charge on any atom is 0.0601 e. The van der Waals surface area contributed by atoms with Crippen molar-refractivity contribution in [1.82, 2.24) is 10.2 Å². The summed E-state index contributed by atoms with van der Waals surface area (Å²) in [7, 11) is 1.83. The summed E-state index contributed by atoms with van der Waals surface area (Å²) >= 11 is 0. The van der Waals surface area contributed by atoms with Crippen molar-refractivity contribution in [2.24, 2.45) is 0 Å². The van der Waals surface area contributed by atoms with Gasteiger partial charge in [-0.3, -0.25) is 4.90 Å². The summed E-state index contributed by atoms with van der Waals surface area (Å²) in [6, 6.07) is 3.18. The number of methoxy groups -OCH3 is 1. The van der Waals surface area contributed by atoms with Crippen LogP contribution in [0, 0.1) is 0 Å². The largest absolute Gasteiger partial charge is 0.381 e. The van der Waals surface area contributed by atoms with E-state index in [-0.39, 0.29) is 0 Å². The fourth-order valence-corrected chi connectivity index (χ4v) is 3.32. The predicted molar refractivity (Wildman–Crippen MR) is 64.5 cm³/mol. The van der Waals surface area contributed by atoms with Crippen molar-refractivity contribution in [1.29, 1.82) is 0 Å². The first-order chi connectivity index (χ1) is 7.76. The molecule has 1 N–H and O–H groups in total. The minimum Gasteiger partial charge on any atom is -0.381 e. The lowest BCUT2D eigenvalue weighted by Crippen LogP contribution is -2.49. The molecule has 3 nitrogen and oxygen atoms in total. The van der Waals surface area contributed by atoms with E-state index in [4.69, 9.17) is 4.74 Å². The van der Waals surface area contributed by atoms with E-state index in [0.717, 1.165) is 24.2 Å². The molecule has 1 saturated heterocycles. The molecule has 2 atom stereocenters. The highest BCUT2D eigenvalue weighted by atomic mass is 16.5. The minimum atomic E-state index is 0.524. The van der Waals surface area contributed by atoms with Crippen LogP contribution in [0.1, 0.15) is 39.0 Å². The van der Waals surface area contributed by atoms with Crippen LogP contribution in [-0.2, 0) is 4.74 Å². The Labute approximate surface area is 98.5 Å². The molecule has 2 saturated carbocycles. The normalized spacial score (nSPS) is 44.6. The first-order valence-electron chi connectivity index (χ1n) is 6.81. The second-order valence-electron chi connectivity index (χ2n) is 5.90. The van der Waals surface area contributed by atoms with Crippen LogP contribution >= 0.6 is 0 Å². The SMILES string of the molecule is COC1CC(NC2CC(C)N(C3CC3)C2)C1. The van der Waals surface area contributed by atoms with Crippen molar-refractivity contribution in [2.75, 3.05) is 13.7 Å². The highest BCUT2D eigenvalue weighted by Gasteiger charge is 2.40. The highest BCUT2D eigenvalue weighted by molar-refractivity contribution is 4.98. The van der Waals surface area contributed by atoms with Gasteiger partial charge in [0.15, 0.2) is 0 Å². The third-order valence-electron chi connectivity index (χ3n) is 4.54. The molecule has 16 heavy (non-hydrogen) atoms. The van der Waals surface area contributed by atoms with Crippen LogP contribution in [0.25, 0.3) is 0 Å². The third kappa shape index (κ3) is 2.13. The smallest absolute Gasteiger partial charge is 0.0601 e. The van der Waals surface area contributed by atoms with Gasteiger partial charge in [0.25, 0.3) is 0 Å². The molecule has 0 amide bonds. The maximum atomic E-state index is 5.32. The molecular weight excluding hydrogens is 200 g/mol. The van der Waals surface area contributed by atoms with Crippen molar-refractivity contribution in [3.05, 3.63) is 0 Å². The zero-order valence-corrected chi connectivity index (χ0v) is 10.5. The fraction of sp³-hybridized carbons (Fsp3) is 1.00. The number of hydrogen-bond donors (Lipinski definition) is 1. The summed E-state index contributed by atoms with van der Waals surface area (Å²) in [5.41, 5.74) is 0. The standard InChI is InChI=1S/C13H24N2O/c1-9-5-11(8-15(9)12-3-4-12)14-10-6-13(7-10)16-2/h9-14H,3-8H2,1-2H3. The molecule has 3 aliphatic rings. The van der Waals surface area contributed by atoms with E-state index in [2.05, 4.69) is 17.1 Å². The maximum absolute atomic E-state index is 5.32. The number of hydrogen-bond acceptors (Lipinski definition) is 3. The lowest BCUT2D eigenvalue weighted by Gasteiger charge is -2.36. The van der Waals surface area contributed by atoms with Gasteiger partial charge < -0.3 is 10.1 Å². The second-order valence-corrected chi connectivity index (χ2v) is 5.90. The lowest BCUT2D eigenvalue weighted by molar-refractivity contribution is 0.0145. The van der Waals surface area contributed by atoms with Crippen molar-refractivity contribution < 1.29 is 4.74 Å². The molecule has 0 aromatic heterocycles. The molecule has 0 aromatic carbocycles. The van der Waals surface area contributed by atoms with Gasteiger partial charge in [-0.1, -0.05) is 0 Å². The zero-order chi connectivity index (χ0) is 11.1. The number of nitrogens with zero attached hydrogens (tertiary/aromatic N) is 1. The van der Waals surface area contributed by atoms with Crippen LogP contribution in [0.5, 0.6) is 0 Å². The Morgan fingerprint density at radius 2 is 1.88 bits per heavy atom. The van der Waals surface area contributed by atoms with Crippen molar-refractivity contribution >= 4 is 0 Å². The molecule has 3 rings (SSSR count). The Kier molecular flexibility index (Phi) is 2.94. The molecule has 92 valence electrons. The average molecular weight is 224 g/mol. The van der Waals surface area contributed by atoms with Gasteiger partial charge in [0.05, 0.1) is 6.10 Å². The minimum absolute atomic E-state index is 0.524. The van der Waals surface area contributed by atoms with Crippen molar-refractivity contribution in [3.8, 4) is 0 Å². The number of likely N-dealkylation sites (tertiary alicyclic amines) is 1. The summed E-state index contributed by atoms with van der Waals surface area (Å²) in [4.78, 5) is 2.71. The van der Waals surface area contributed by atoms with Crippen LogP contribution < -0.4 is 5.32 Å². The van der Waals surface area contributed by atoms with Crippen LogP contribution in [0.3, 0.4) is 0 Å². The number of ether oxygens (including phenoxy) is 1. The van der Waals surface area contributed by atoms with Gasteiger partial charge in [0, 0.05) is 37.8 Å². The Hall–Kier alpha value is -0.120. The van der Waals surface area contributed by atoms with Crippen LogP contribution in [0.2, 0.25) is 0 Å². The molecule has 1 heterocycles. The Morgan fingerprint density at radius 3 is 2.50 bits per heavy atom. The number of rotatable bonds is 4. The third-order valence-corrected chi connectivity index (χ3v) is 4.54. The topological polar surface area (TPSA) is 24.5 Å². The second kappa shape index (κ2) is 4.28. The monoisotopic (exact) mass is 224 g/mol. The summed E-state index contributed by atoms with van der Waals surface area (Å²) < 4.78 is 5.32. The van der Waals surface area contributed by atoms with E-state index in [9.17, 15) is 0 Å². The molecule has 0 bridgehead atoms. The van der Waals surface area contributed by atoms with Crippen LogP contribution in [-0.4, -0.2) is 48.8 Å². The van der Waals surface area contributed by atoms with E-state index < -0.39 is 0 Å². The molecular formula is C13H24N2O. The van der Waals surface area contributed by atoms with Crippen LogP contribution in [0.4, 0.5) is 0 Å². The zero-order valence-electron chi connectivity index (χ0n) is 10.5. The highest BCUT2D eigenvalue weighted by Crippen LogP contribution is 2.34. The van der Waals surface area contributed by atoms with Gasteiger partial charge in [-0.15, -0.1) is 0 Å². The Balaban J connectivity index is 1.43. The first-order valence-corrected chi connectivity index (χ1v) is 6.81. The first kappa shape index (κ1) is 11.0. The van der Waals surface area contributed by atoms with E-state index in [1.165, 1.54) is 38.6 Å². The lowest BCUT2D eigenvalue weighted by atomic mass is 9.88. The molecule has 1 aliphatic heterocycles. The molecule has 0 aromatic rings. The number of nitrogens with one attached hydrogen (secondary N) is 1. The van der Waals surface area contributed by atoms with E-state index in [1.807, 2.05) is 7.11 Å². The van der Waals surface area contributed by atoms with Gasteiger partial charge in [0.2, 0.25) is 0 Å². The van der Waals surface area contributed by atoms with Crippen molar-refractivity contribution in [2.45, 2.75) is 69.3 Å². The van der Waals surface area contributed by atoms with E-state index in [1.54, 1.807) is 0 Å². The van der Waals surface area contributed by atoms with Gasteiger partial charge in [0.1, 0.15) is 0 Å². The average Bonchev–Trinajstić information content (AvgIpc) is 2.97. The van der Waals surface area contributed by atoms with Gasteiger partial charge in [-0.2, -0.15) is 0 Å². The van der Waals surface area contributed by atoms with Crippen LogP contribution in [0.15, 0.2) is 0 Å². The Morgan fingerprint density at radius 1 is 1.12 bits per heavy atom. The molecule has 2 aliphatic carbocycles. The van der Waals surface area contributed by atoms with Crippen molar-refractivity contribution in [3.63, 3.8) is 0 Å². The Bertz CT molecular complexity index is 248. The fourth-order valence-electron chi connectivity index (χ4n) is 3.32.